The molecule has 0 amide bonds. The third-order valence-electron chi connectivity index (χ3n) is 3.19. The van der Waals surface area contributed by atoms with E-state index >= 15 is 0 Å². The Hall–Kier alpha value is -2.24. The van der Waals surface area contributed by atoms with Gasteiger partial charge in [-0.15, -0.1) is 0 Å². The number of benzene rings is 1. The number of nitrogens with zero attached hydrogens (tertiary/aromatic N) is 2. The van der Waals surface area contributed by atoms with Crippen molar-refractivity contribution in [1.82, 2.24) is 4.98 Å². The van der Waals surface area contributed by atoms with Gasteiger partial charge >= 0.3 is 6.18 Å². The molecule has 1 aromatic heterocycles. The average molecular weight is 295 g/mol. The number of rotatable bonds is 4. The molecule has 112 valence electrons. The van der Waals surface area contributed by atoms with E-state index in [4.69, 9.17) is 5.73 Å². The summed E-state index contributed by atoms with van der Waals surface area (Å²) in [7, 11) is 0. The van der Waals surface area contributed by atoms with Crippen LogP contribution in [0.4, 0.5) is 24.7 Å². The quantitative estimate of drug-likeness (QED) is 0.874. The average Bonchev–Trinajstić information content (AvgIpc) is 2.45. The van der Waals surface area contributed by atoms with Gasteiger partial charge in [0.15, 0.2) is 0 Å². The topological polar surface area (TPSA) is 42.1 Å². The second-order valence-corrected chi connectivity index (χ2v) is 4.59. The maximum Gasteiger partial charge on any atom is 0.419 e. The largest absolute Gasteiger partial charge is 0.419 e. The van der Waals surface area contributed by atoms with Crippen molar-refractivity contribution in [2.45, 2.75) is 19.6 Å². The van der Waals surface area contributed by atoms with E-state index in [1.165, 1.54) is 12.3 Å². The number of hydrogen-bond acceptors (Lipinski definition) is 3. The van der Waals surface area contributed by atoms with Crippen molar-refractivity contribution in [3.8, 4) is 0 Å². The Morgan fingerprint density at radius 3 is 2.48 bits per heavy atom. The molecule has 2 rings (SSSR count). The van der Waals surface area contributed by atoms with Crippen LogP contribution in [0.3, 0.4) is 0 Å². The zero-order valence-electron chi connectivity index (χ0n) is 11.6. The van der Waals surface area contributed by atoms with E-state index in [1.807, 2.05) is 6.07 Å². The lowest BCUT2D eigenvalue weighted by Crippen LogP contribution is -2.26. The van der Waals surface area contributed by atoms with Crippen LogP contribution < -0.4 is 10.6 Å². The van der Waals surface area contributed by atoms with Crippen molar-refractivity contribution in [3.05, 3.63) is 53.7 Å². The number of anilines is 2. The summed E-state index contributed by atoms with van der Waals surface area (Å²) in [5.74, 6) is -0.0734. The molecule has 0 saturated heterocycles. The molecule has 2 aromatic rings. The van der Waals surface area contributed by atoms with Crippen LogP contribution in [0.5, 0.6) is 0 Å². The summed E-state index contributed by atoms with van der Waals surface area (Å²) in [6.07, 6.45) is -3.07. The minimum Gasteiger partial charge on any atom is -0.398 e. The predicted molar refractivity (Wildman–Crippen MR) is 76.8 cm³/mol. The fourth-order valence-electron chi connectivity index (χ4n) is 2.09. The molecular weight excluding hydrogens is 279 g/mol. The van der Waals surface area contributed by atoms with Gasteiger partial charge in [-0.1, -0.05) is 18.2 Å². The van der Waals surface area contributed by atoms with Gasteiger partial charge in [0.05, 0.1) is 5.56 Å². The highest BCUT2D eigenvalue weighted by Gasteiger charge is 2.35. The number of nitrogen functional groups attached to an aromatic ring is 1. The number of pyridine rings is 1. The van der Waals surface area contributed by atoms with Gasteiger partial charge in [0.25, 0.3) is 0 Å². The number of para-hydroxylation sites is 1. The molecule has 0 atom stereocenters. The fourth-order valence-corrected chi connectivity index (χ4v) is 2.09. The van der Waals surface area contributed by atoms with Crippen LogP contribution in [0.25, 0.3) is 0 Å². The second kappa shape index (κ2) is 6.03. The highest BCUT2D eigenvalue weighted by atomic mass is 19.4. The fraction of sp³-hybridized carbons (Fsp3) is 0.267. The molecule has 1 heterocycles. The van der Waals surface area contributed by atoms with E-state index in [1.54, 1.807) is 30.0 Å². The van der Waals surface area contributed by atoms with Gasteiger partial charge in [-0.2, -0.15) is 13.2 Å². The molecule has 0 unspecified atom stereocenters. The summed E-state index contributed by atoms with van der Waals surface area (Å²) in [6.45, 7) is 2.46. The van der Waals surface area contributed by atoms with Gasteiger partial charge < -0.3 is 10.6 Å². The first-order valence-corrected chi connectivity index (χ1v) is 6.54. The summed E-state index contributed by atoms with van der Waals surface area (Å²) in [4.78, 5) is 5.47. The van der Waals surface area contributed by atoms with Gasteiger partial charge in [-0.25, -0.2) is 4.98 Å². The minimum absolute atomic E-state index is 0.0734. The first-order valence-electron chi connectivity index (χ1n) is 6.54. The second-order valence-electron chi connectivity index (χ2n) is 4.59. The van der Waals surface area contributed by atoms with Crippen LogP contribution in [0.2, 0.25) is 0 Å². The molecule has 0 aliphatic rings. The molecule has 0 saturated carbocycles. The van der Waals surface area contributed by atoms with Crippen molar-refractivity contribution in [1.29, 1.82) is 0 Å². The summed E-state index contributed by atoms with van der Waals surface area (Å²) >= 11 is 0. The molecule has 0 aliphatic carbocycles. The highest BCUT2D eigenvalue weighted by Crippen LogP contribution is 2.35. The molecule has 2 N–H and O–H groups in total. The van der Waals surface area contributed by atoms with Crippen molar-refractivity contribution in [2.24, 2.45) is 0 Å². The summed E-state index contributed by atoms with van der Waals surface area (Å²) in [5, 5.41) is 0. The van der Waals surface area contributed by atoms with Crippen molar-refractivity contribution >= 4 is 11.5 Å². The molecule has 6 heteroatoms. The van der Waals surface area contributed by atoms with Crippen LogP contribution in [-0.2, 0) is 12.7 Å². The van der Waals surface area contributed by atoms with E-state index in [-0.39, 0.29) is 12.4 Å². The number of hydrogen-bond donors (Lipinski definition) is 1. The Balaban J connectivity index is 2.37. The van der Waals surface area contributed by atoms with Gasteiger partial charge in [0, 0.05) is 25.0 Å². The lowest BCUT2D eigenvalue weighted by molar-refractivity contribution is -0.137. The van der Waals surface area contributed by atoms with Gasteiger partial charge in [-0.3, -0.25) is 0 Å². The lowest BCUT2D eigenvalue weighted by atomic mass is 10.1. The molecule has 3 nitrogen and oxygen atoms in total. The normalized spacial score (nSPS) is 11.4. The monoisotopic (exact) mass is 295 g/mol. The highest BCUT2D eigenvalue weighted by molar-refractivity contribution is 5.52. The third kappa shape index (κ3) is 3.45. The molecule has 21 heavy (non-hydrogen) atoms. The van der Waals surface area contributed by atoms with Crippen LogP contribution in [0.15, 0.2) is 42.6 Å². The molecule has 0 radical (unpaired) electrons. The van der Waals surface area contributed by atoms with Crippen molar-refractivity contribution in [2.75, 3.05) is 17.2 Å². The van der Waals surface area contributed by atoms with E-state index in [0.717, 1.165) is 11.6 Å². The standard InChI is InChI=1S/C15H16F3N3/c1-2-21(10-11-6-3-4-8-13(11)19)14-12(15(16,17)18)7-5-9-20-14/h3-9H,2,10,19H2,1H3. The van der Waals surface area contributed by atoms with Gasteiger partial charge in [-0.05, 0) is 30.7 Å². The Morgan fingerprint density at radius 2 is 1.86 bits per heavy atom. The van der Waals surface area contributed by atoms with E-state index in [2.05, 4.69) is 4.98 Å². The SMILES string of the molecule is CCN(Cc1ccccc1N)c1ncccc1C(F)(F)F. The number of aromatic nitrogens is 1. The number of halogens is 3. The van der Waals surface area contributed by atoms with Crippen LogP contribution >= 0.6 is 0 Å². The van der Waals surface area contributed by atoms with Crippen molar-refractivity contribution < 1.29 is 13.2 Å². The zero-order chi connectivity index (χ0) is 15.5. The number of alkyl halides is 3. The van der Waals surface area contributed by atoms with E-state index in [9.17, 15) is 13.2 Å². The van der Waals surface area contributed by atoms with Crippen molar-refractivity contribution in [3.63, 3.8) is 0 Å². The Kier molecular flexibility index (Phi) is 4.35. The summed E-state index contributed by atoms with van der Waals surface area (Å²) in [5.41, 5.74) is 6.45. The van der Waals surface area contributed by atoms with Gasteiger partial charge in [0.2, 0.25) is 0 Å². The smallest absolute Gasteiger partial charge is 0.398 e. The molecule has 0 aliphatic heterocycles. The third-order valence-corrected chi connectivity index (χ3v) is 3.19. The van der Waals surface area contributed by atoms with E-state index < -0.39 is 11.7 Å². The summed E-state index contributed by atoms with van der Waals surface area (Å²) < 4.78 is 39.2. The van der Waals surface area contributed by atoms with Crippen LogP contribution in [-0.4, -0.2) is 11.5 Å². The van der Waals surface area contributed by atoms with Gasteiger partial charge in [0.1, 0.15) is 5.82 Å². The van der Waals surface area contributed by atoms with Crippen LogP contribution in [0.1, 0.15) is 18.1 Å². The Labute approximate surface area is 121 Å². The molecule has 0 bridgehead atoms. The summed E-state index contributed by atoms with van der Waals surface area (Å²) in [6, 6.07) is 9.45. The van der Waals surface area contributed by atoms with E-state index in [0.29, 0.717) is 12.2 Å². The maximum atomic E-state index is 13.1. The molecule has 1 aromatic carbocycles. The molecular formula is C15H16F3N3. The first kappa shape index (κ1) is 15.2. The predicted octanol–water partition coefficient (Wildman–Crippen LogP) is 3.71. The lowest BCUT2D eigenvalue weighted by Gasteiger charge is -2.25. The Bertz CT molecular complexity index is 611. The minimum atomic E-state index is -4.43. The Morgan fingerprint density at radius 1 is 1.14 bits per heavy atom. The molecule has 0 spiro atoms. The first-order chi connectivity index (χ1) is 9.93. The molecule has 0 fully saturated rings. The zero-order valence-corrected chi connectivity index (χ0v) is 11.6. The van der Waals surface area contributed by atoms with Crippen LogP contribution in [0, 0.1) is 0 Å². The number of nitrogens with two attached hydrogens (primary N) is 1. The maximum absolute atomic E-state index is 13.1.